The zero-order valence-corrected chi connectivity index (χ0v) is 11.2. The molecule has 0 saturated heterocycles. The Labute approximate surface area is 104 Å². The van der Waals surface area contributed by atoms with Crippen molar-refractivity contribution in [3.05, 3.63) is 26.9 Å². The topological polar surface area (TPSA) is 65.2 Å². The minimum absolute atomic E-state index is 0.411. The standard InChI is InChI=1S/C9H10Br2N2O2/c1-15-9(14)6(12)4-5-2-3-13-8(11)7(5)10/h2-3,6H,4,12H2,1H3. The van der Waals surface area contributed by atoms with Crippen molar-refractivity contribution in [3.8, 4) is 0 Å². The predicted molar refractivity (Wildman–Crippen MR) is 63.3 cm³/mol. The number of halogens is 2. The van der Waals surface area contributed by atoms with E-state index in [-0.39, 0.29) is 0 Å². The number of nitrogens with zero attached hydrogens (tertiary/aromatic N) is 1. The first-order valence-electron chi connectivity index (χ1n) is 4.18. The smallest absolute Gasteiger partial charge is 0.322 e. The minimum atomic E-state index is -0.652. The predicted octanol–water partition coefficient (Wildman–Crippen LogP) is 1.65. The lowest BCUT2D eigenvalue weighted by atomic mass is 10.1. The number of ether oxygens (including phenoxy) is 1. The zero-order valence-electron chi connectivity index (χ0n) is 8.04. The Balaban J connectivity index is 2.81. The van der Waals surface area contributed by atoms with Crippen molar-refractivity contribution in [2.24, 2.45) is 5.73 Å². The molecule has 0 aliphatic heterocycles. The molecule has 1 aromatic heterocycles. The summed E-state index contributed by atoms with van der Waals surface area (Å²) in [5.41, 5.74) is 6.56. The molecule has 82 valence electrons. The van der Waals surface area contributed by atoms with Crippen molar-refractivity contribution in [1.82, 2.24) is 4.98 Å². The molecule has 0 bridgehead atoms. The van der Waals surface area contributed by atoms with Crippen LogP contribution in [0, 0.1) is 0 Å². The Morgan fingerprint density at radius 2 is 2.33 bits per heavy atom. The van der Waals surface area contributed by atoms with Crippen LogP contribution >= 0.6 is 31.9 Å². The first-order valence-corrected chi connectivity index (χ1v) is 5.77. The number of nitrogens with two attached hydrogens (primary N) is 1. The average molecular weight is 338 g/mol. The molecule has 4 nitrogen and oxygen atoms in total. The second kappa shape index (κ2) is 5.58. The second-order valence-corrected chi connectivity index (χ2v) is 4.45. The Hall–Kier alpha value is -0.460. The van der Waals surface area contributed by atoms with Crippen molar-refractivity contribution >= 4 is 37.8 Å². The number of aromatic nitrogens is 1. The molecule has 0 amide bonds. The highest BCUT2D eigenvalue weighted by molar-refractivity contribution is 9.13. The van der Waals surface area contributed by atoms with Crippen LogP contribution in [0.15, 0.2) is 21.3 Å². The highest BCUT2D eigenvalue weighted by Gasteiger charge is 2.16. The molecule has 0 saturated carbocycles. The molecule has 0 fully saturated rings. The van der Waals surface area contributed by atoms with Gasteiger partial charge < -0.3 is 10.5 Å². The van der Waals surface area contributed by atoms with Crippen LogP contribution in [0.3, 0.4) is 0 Å². The lowest BCUT2D eigenvalue weighted by Crippen LogP contribution is -2.33. The maximum absolute atomic E-state index is 11.1. The molecule has 0 aliphatic carbocycles. The Bertz CT molecular complexity index is 371. The number of hydrogen-bond donors (Lipinski definition) is 1. The molecule has 0 spiro atoms. The third-order valence-corrected chi connectivity index (χ3v) is 3.89. The first-order chi connectivity index (χ1) is 7.06. The summed E-state index contributed by atoms with van der Waals surface area (Å²) >= 11 is 6.64. The molecule has 1 unspecified atom stereocenters. The Kier molecular flexibility index (Phi) is 4.69. The number of carbonyl (C=O) groups is 1. The van der Waals surface area contributed by atoms with Crippen molar-refractivity contribution in [1.29, 1.82) is 0 Å². The van der Waals surface area contributed by atoms with E-state index in [1.54, 1.807) is 12.3 Å². The lowest BCUT2D eigenvalue weighted by molar-refractivity contribution is -0.142. The third kappa shape index (κ3) is 3.25. The van der Waals surface area contributed by atoms with E-state index in [1.165, 1.54) is 7.11 Å². The molecule has 1 atom stereocenters. The monoisotopic (exact) mass is 336 g/mol. The molecule has 0 aromatic carbocycles. The average Bonchev–Trinajstić information content (AvgIpc) is 2.23. The molecular weight excluding hydrogens is 328 g/mol. The normalized spacial score (nSPS) is 12.3. The molecule has 6 heteroatoms. The summed E-state index contributed by atoms with van der Waals surface area (Å²) in [6, 6.07) is 1.15. The van der Waals surface area contributed by atoms with Crippen LogP contribution in [0.5, 0.6) is 0 Å². The largest absolute Gasteiger partial charge is 0.468 e. The van der Waals surface area contributed by atoms with E-state index in [0.717, 1.165) is 10.0 Å². The summed E-state index contributed by atoms with van der Waals surface area (Å²) in [7, 11) is 1.32. The summed E-state index contributed by atoms with van der Waals surface area (Å²) in [6.07, 6.45) is 2.06. The van der Waals surface area contributed by atoms with E-state index < -0.39 is 12.0 Å². The molecule has 0 radical (unpaired) electrons. The van der Waals surface area contributed by atoms with Gasteiger partial charge in [-0.05, 0) is 49.9 Å². The maximum atomic E-state index is 11.1. The van der Waals surface area contributed by atoms with Crippen LogP contribution < -0.4 is 5.73 Å². The molecule has 2 N–H and O–H groups in total. The molecule has 1 heterocycles. The van der Waals surface area contributed by atoms with Crippen LogP contribution in [-0.2, 0) is 16.0 Å². The van der Waals surface area contributed by atoms with Crippen LogP contribution in [0.4, 0.5) is 0 Å². The number of esters is 1. The van der Waals surface area contributed by atoms with Gasteiger partial charge in [-0.25, -0.2) is 4.98 Å². The molecule has 1 rings (SSSR count). The number of carbonyl (C=O) groups excluding carboxylic acids is 1. The van der Waals surface area contributed by atoms with Gasteiger partial charge in [0, 0.05) is 6.20 Å². The lowest BCUT2D eigenvalue weighted by Gasteiger charge is -2.10. The fourth-order valence-corrected chi connectivity index (χ4v) is 1.85. The Morgan fingerprint density at radius 3 is 2.93 bits per heavy atom. The van der Waals surface area contributed by atoms with Crippen LogP contribution in [-0.4, -0.2) is 24.1 Å². The van der Waals surface area contributed by atoms with E-state index >= 15 is 0 Å². The summed E-state index contributed by atoms with van der Waals surface area (Å²) < 4.78 is 6.05. The minimum Gasteiger partial charge on any atom is -0.468 e. The van der Waals surface area contributed by atoms with E-state index in [0.29, 0.717) is 11.0 Å². The summed E-state index contributed by atoms with van der Waals surface area (Å²) in [6.45, 7) is 0. The molecular formula is C9H10Br2N2O2. The van der Waals surface area contributed by atoms with Gasteiger partial charge in [-0.2, -0.15) is 0 Å². The van der Waals surface area contributed by atoms with Gasteiger partial charge in [-0.1, -0.05) is 0 Å². The van der Waals surface area contributed by atoms with Gasteiger partial charge in [0.05, 0.1) is 11.6 Å². The van der Waals surface area contributed by atoms with E-state index in [1.807, 2.05) is 0 Å². The van der Waals surface area contributed by atoms with Gasteiger partial charge >= 0.3 is 5.97 Å². The van der Waals surface area contributed by atoms with E-state index in [4.69, 9.17) is 5.73 Å². The van der Waals surface area contributed by atoms with Gasteiger partial charge in [0.2, 0.25) is 0 Å². The van der Waals surface area contributed by atoms with E-state index in [2.05, 4.69) is 41.6 Å². The van der Waals surface area contributed by atoms with Gasteiger partial charge in [0.1, 0.15) is 10.6 Å². The number of pyridine rings is 1. The SMILES string of the molecule is COC(=O)C(N)Cc1ccnc(Br)c1Br. The number of hydrogen-bond acceptors (Lipinski definition) is 4. The molecule has 15 heavy (non-hydrogen) atoms. The van der Waals surface area contributed by atoms with Crippen LogP contribution in [0.25, 0.3) is 0 Å². The van der Waals surface area contributed by atoms with Crippen molar-refractivity contribution in [2.45, 2.75) is 12.5 Å². The highest BCUT2D eigenvalue weighted by Crippen LogP contribution is 2.25. The zero-order chi connectivity index (χ0) is 11.4. The van der Waals surface area contributed by atoms with Crippen LogP contribution in [0.2, 0.25) is 0 Å². The van der Waals surface area contributed by atoms with Gasteiger partial charge in [-0.15, -0.1) is 0 Å². The van der Waals surface area contributed by atoms with Gasteiger partial charge in [0.25, 0.3) is 0 Å². The quantitative estimate of drug-likeness (QED) is 0.672. The molecule has 1 aromatic rings. The third-order valence-electron chi connectivity index (χ3n) is 1.87. The van der Waals surface area contributed by atoms with Crippen molar-refractivity contribution in [3.63, 3.8) is 0 Å². The van der Waals surface area contributed by atoms with E-state index in [9.17, 15) is 4.79 Å². The van der Waals surface area contributed by atoms with Gasteiger partial charge in [0.15, 0.2) is 0 Å². The fraction of sp³-hybridized carbons (Fsp3) is 0.333. The maximum Gasteiger partial charge on any atom is 0.322 e. The summed E-state index contributed by atoms with van der Waals surface area (Å²) in [5.74, 6) is -0.421. The fourth-order valence-electron chi connectivity index (χ4n) is 1.08. The van der Waals surface area contributed by atoms with Crippen LogP contribution in [0.1, 0.15) is 5.56 Å². The van der Waals surface area contributed by atoms with Crippen molar-refractivity contribution < 1.29 is 9.53 Å². The second-order valence-electron chi connectivity index (χ2n) is 2.91. The number of methoxy groups -OCH3 is 1. The highest BCUT2D eigenvalue weighted by atomic mass is 79.9. The number of rotatable bonds is 3. The summed E-state index contributed by atoms with van der Waals surface area (Å²) in [5, 5.41) is 0. The Morgan fingerprint density at radius 1 is 1.67 bits per heavy atom. The van der Waals surface area contributed by atoms with Crippen molar-refractivity contribution in [2.75, 3.05) is 7.11 Å². The van der Waals surface area contributed by atoms with Gasteiger partial charge in [-0.3, -0.25) is 4.79 Å². The first kappa shape index (κ1) is 12.6. The summed E-state index contributed by atoms with van der Waals surface area (Å²) in [4.78, 5) is 15.1. The molecule has 0 aliphatic rings.